The molecule has 0 N–H and O–H groups in total. The summed E-state index contributed by atoms with van der Waals surface area (Å²) in [4.78, 5) is 0. The van der Waals surface area contributed by atoms with Crippen molar-refractivity contribution >= 4 is 10.8 Å². The molecule has 0 bridgehead atoms. The van der Waals surface area contributed by atoms with Crippen LogP contribution >= 0.6 is 0 Å². The van der Waals surface area contributed by atoms with E-state index in [-0.39, 0.29) is 0 Å². The number of rotatable bonds is 6. The van der Waals surface area contributed by atoms with Crippen molar-refractivity contribution in [3.05, 3.63) is 35.9 Å². The molecule has 2 rings (SSSR count). The maximum absolute atomic E-state index is 5.97. The summed E-state index contributed by atoms with van der Waals surface area (Å²) in [6, 6.07) is 10.5. The standard InChI is InChI=1S/C19H26O2/c1-13(2)11-20-18-9-16-8-6-7-15(5)17(16)10-19(18)21-12-14(3)4/h6-10,13-14H,11-12H2,1-5H3. The summed E-state index contributed by atoms with van der Waals surface area (Å²) in [5.41, 5.74) is 1.26. The molecule has 0 fully saturated rings. The van der Waals surface area contributed by atoms with E-state index in [0.717, 1.165) is 11.5 Å². The maximum atomic E-state index is 5.97. The highest BCUT2D eigenvalue weighted by molar-refractivity contribution is 5.88. The lowest BCUT2D eigenvalue weighted by Gasteiger charge is -2.17. The molecule has 2 nitrogen and oxygen atoms in total. The van der Waals surface area contributed by atoms with Crippen molar-refractivity contribution in [2.45, 2.75) is 34.6 Å². The van der Waals surface area contributed by atoms with Gasteiger partial charge in [-0.1, -0.05) is 45.9 Å². The number of fused-ring (bicyclic) bond motifs is 1. The summed E-state index contributed by atoms with van der Waals surface area (Å²) in [6.07, 6.45) is 0. The monoisotopic (exact) mass is 286 g/mol. The SMILES string of the molecule is Cc1cccc2cc(OCC(C)C)c(OCC(C)C)cc12. The van der Waals surface area contributed by atoms with E-state index in [1.54, 1.807) is 0 Å². The summed E-state index contributed by atoms with van der Waals surface area (Å²) in [6.45, 7) is 12.1. The summed E-state index contributed by atoms with van der Waals surface area (Å²) < 4.78 is 11.9. The number of ether oxygens (including phenoxy) is 2. The Bertz CT molecular complexity index is 600. The quantitative estimate of drug-likeness (QED) is 0.725. The first kappa shape index (κ1) is 15.7. The zero-order valence-corrected chi connectivity index (χ0v) is 13.8. The first-order chi connectivity index (χ1) is 9.97. The van der Waals surface area contributed by atoms with Crippen LogP contribution in [0.3, 0.4) is 0 Å². The second-order valence-electron chi connectivity index (χ2n) is 6.50. The third-order valence-electron chi connectivity index (χ3n) is 3.31. The Labute approximate surface area is 128 Å². The van der Waals surface area contributed by atoms with E-state index < -0.39 is 0 Å². The highest BCUT2D eigenvalue weighted by atomic mass is 16.5. The highest BCUT2D eigenvalue weighted by Crippen LogP contribution is 2.34. The van der Waals surface area contributed by atoms with Crippen LogP contribution in [-0.4, -0.2) is 13.2 Å². The lowest BCUT2D eigenvalue weighted by molar-refractivity contribution is 0.230. The molecule has 2 aromatic rings. The third-order valence-corrected chi connectivity index (χ3v) is 3.31. The van der Waals surface area contributed by atoms with Gasteiger partial charge >= 0.3 is 0 Å². The minimum Gasteiger partial charge on any atom is -0.489 e. The lowest BCUT2D eigenvalue weighted by Crippen LogP contribution is -2.09. The maximum Gasteiger partial charge on any atom is 0.161 e. The summed E-state index contributed by atoms with van der Waals surface area (Å²) in [7, 11) is 0. The average Bonchev–Trinajstić information content (AvgIpc) is 2.43. The first-order valence-electron chi connectivity index (χ1n) is 7.76. The second-order valence-corrected chi connectivity index (χ2v) is 6.50. The molecule has 2 heteroatoms. The Balaban J connectivity index is 2.38. The van der Waals surface area contributed by atoms with Gasteiger partial charge in [-0.25, -0.2) is 0 Å². The fourth-order valence-electron chi connectivity index (χ4n) is 2.18. The molecule has 21 heavy (non-hydrogen) atoms. The van der Waals surface area contributed by atoms with E-state index in [1.807, 2.05) is 0 Å². The average molecular weight is 286 g/mol. The van der Waals surface area contributed by atoms with Gasteiger partial charge in [0.05, 0.1) is 13.2 Å². The fourth-order valence-corrected chi connectivity index (χ4v) is 2.18. The van der Waals surface area contributed by atoms with Gasteiger partial charge in [0.1, 0.15) is 0 Å². The van der Waals surface area contributed by atoms with Gasteiger partial charge in [-0.2, -0.15) is 0 Å². The fraction of sp³-hybridized carbons (Fsp3) is 0.474. The predicted octanol–water partition coefficient (Wildman–Crippen LogP) is 5.22. The molecule has 0 atom stereocenters. The van der Waals surface area contributed by atoms with Crippen molar-refractivity contribution in [1.29, 1.82) is 0 Å². The number of benzene rings is 2. The molecule has 0 saturated carbocycles. The van der Waals surface area contributed by atoms with Crippen molar-refractivity contribution in [2.75, 3.05) is 13.2 Å². The predicted molar refractivity (Wildman–Crippen MR) is 89.4 cm³/mol. The number of hydrogen-bond acceptors (Lipinski definition) is 2. The molecule has 0 unspecified atom stereocenters. The van der Waals surface area contributed by atoms with Crippen LogP contribution in [0.4, 0.5) is 0 Å². The van der Waals surface area contributed by atoms with Gasteiger partial charge in [-0.05, 0) is 47.2 Å². The Morgan fingerprint density at radius 1 is 0.857 bits per heavy atom. The van der Waals surface area contributed by atoms with Crippen LogP contribution < -0.4 is 9.47 Å². The molecule has 114 valence electrons. The van der Waals surface area contributed by atoms with E-state index in [0.29, 0.717) is 25.0 Å². The Hall–Kier alpha value is -1.70. The second kappa shape index (κ2) is 6.84. The molecule has 2 aromatic carbocycles. The zero-order valence-electron chi connectivity index (χ0n) is 13.8. The molecule has 0 amide bonds. The summed E-state index contributed by atoms with van der Waals surface area (Å²) >= 11 is 0. The van der Waals surface area contributed by atoms with E-state index in [2.05, 4.69) is 65.0 Å². The minimum atomic E-state index is 0.496. The smallest absolute Gasteiger partial charge is 0.161 e. The molecule has 0 radical (unpaired) electrons. The highest BCUT2D eigenvalue weighted by Gasteiger charge is 2.10. The Morgan fingerprint density at radius 3 is 2.00 bits per heavy atom. The van der Waals surface area contributed by atoms with E-state index in [9.17, 15) is 0 Å². The van der Waals surface area contributed by atoms with Crippen molar-refractivity contribution in [3.8, 4) is 11.5 Å². The molecule has 0 aromatic heterocycles. The number of aryl methyl sites for hydroxylation is 1. The van der Waals surface area contributed by atoms with Crippen LogP contribution in [0.1, 0.15) is 33.3 Å². The van der Waals surface area contributed by atoms with Crippen LogP contribution in [0.5, 0.6) is 11.5 Å². The first-order valence-corrected chi connectivity index (χ1v) is 7.76. The van der Waals surface area contributed by atoms with Crippen molar-refractivity contribution < 1.29 is 9.47 Å². The van der Waals surface area contributed by atoms with E-state index in [4.69, 9.17) is 9.47 Å². The van der Waals surface area contributed by atoms with Crippen molar-refractivity contribution in [2.24, 2.45) is 11.8 Å². The molecule has 0 aliphatic carbocycles. The minimum absolute atomic E-state index is 0.496. The van der Waals surface area contributed by atoms with Crippen LogP contribution in [-0.2, 0) is 0 Å². The largest absolute Gasteiger partial charge is 0.489 e. The van der Waals surface area contributed by atoms with Crippen molar-refractivity contribution in [1.82, 2.24) is 0 Å². The van der Waals surface area contributed by atoms with Gasteiger partial charge < -0.3 is 9.47 Å². The molecule has 0 saturated heterocycles. The normalized spacial score (nSPS) is 11.4. The van der Waals surface area contributed by atoms with Gasteiger partial charge in [0.15, 0.2) is 11.5 Å². The van der Waals surface area contributed by atoms with Crippen molar-refractivity contribution in [3.63, 3.8) is 0 Å². The molecular weight excluding hydrogens is 260 g/mol. The molecule has 0 aliphatic heterocycles. The van der Waals surface area contributed by atoms with Gasteiger partial charge in [-0.3, -0.25) is 0 Å². The summed E-state index contributed by atoms with van der Waals surface area (Å²) in [5.74, 6) is 2.69. The molecule has 0 aliphatic rings. The molecule has 0 spiro atoms. The topological polar surface area (TPSA) is 18.5 Å². The van der Waals surface area contributed by atoms with E-state index >= 15 is 0 Å². The van der Waals surface area contributed by atoms with Crippen LogP contribution in [0.2, 0.25) is 0 Å². The van der Waals surface area contributed by atoms with Gasteiger partial charge in [0.2, 0.25) is 0 Å². The zero-order chi connectivity index (χ0) is 15.4. The lowest BCUT2D eigenvalue weighted by atomic mass is 10.0. The molecule has 0 heterocycles. The molecular formula is C19H26O2. The Morgan fingerprint density at radius 2 is 1.43 bits per heavy atom. The van der Waals surface area contributed by atoms with Crippen LogP contribution in [0, 0.1) is 18.8 Å². The third kappa shape index (κ3) is 4.13. The van der Waals surface area contributed by atoms with Crippen LogP contribution in [0.25, 0.3) is 10.8 Å². The van der Waals surface area contributed by atoms with Gasteiger partial charge in [0, 0.05) is 0 Å². The van der Waals surface area contributed by atoms with Crippen LogP contribution in [0.15, 0.2) is 30.3 Å². The summed E-state index contributed by atoms with van der Waals surface area (Å²) in [5, 5.41) is 2.43. The van der Waals surface area contributed by atoms with Gasteiger partial charge in [-0.15, -0.1) is 0 Å². The van der Waals surface area contributed by atoms with Gasteiger partial charge in [0.25, 0.3) is 0 Å². The Kier molecular flexibility index (Phi) is 5.11. The number of hydrogen-bond donors (Lipinski definition) is 0. The van der Waals surface area contributed by atoms with E-state index in [1.165, 1.54) is 16.3 Å².